The quantitative estimate of drug-likeness (QED) is 0.853. The number of likely N-dealkylation sites (tertiary alicyclic amines) is 1. The van der Waals surface area contributed by atoms with Gasteiger partial charge in [0, 0.05) is 18.8 Å². The third-order valence-corrected chi connectivity index (χ3v) is 3.54. The molecule has 0 unspecified atom stereocenters. The van der Waals surface area contributed by atoms with Crippen LogP contribution in [0.1, 0.15) is 5.56 Å². The summed E-state index contributed by atoms with van der Waals surface area (Å²) in [6.45, 7) is 1.01. The minimum atomic E-state index is -0.303. The molecule has 4 heteroatoms. The maximum absolute atomic E-state index is 11.6. The number of rotatable bonds is 4. The molecule has 16 heavy (non-hydrogen) atoms. The number of carbonyl (C=O) groups excluding carboxylic acids is 1. The van der Waals surface area contributed by atoms with Gasteiger partial charge in [0.2, 0.25) is 5.91 Å². The van der Waals surface area contributed by atoms with E-state index in [4.69, 9.17) is 5.11 Å². The van der Waals surface area contributed by atoms with Gasteiger partial charge in [-0.05, 0) is 5.56 Å². The van der Waals surface area contributed by atoms with Crippen molar-refractivity contribution in [3.05, 3.63) is 35.9 Å². The van der Waals surface area contributed by atoms with Gasteiger partial charge in [0.05, 0.1) is 11.9 Å². The number of hydrogen-bond acceptors (Lipinski definition) is 3. The van der Waals surface area contributed by atoms with Crippen LogP contribution in [0.2, 0.25) is 0 Å². The normalized spacial score (nSPS) is 15.9. The summed E-state index contributed by atoms with van der Waals surface area (Å²) in [5, 5.41) is 9.07. The van der Waals surface area contributed by atoms with Crippen LogP contribution in [-0.2, 0) is 10.5 Å². The molecule has 2 rings (SSSR count). The van der Waals surface area contributed by atoms with E-state index in [-0.39, 0.29) is 12.0 Å². The molecular formula is C12H15NO2S. The highest BCUT2D eigenvalue weighted by Gasteiger charge is 2.28. The summed E-state index contributed by atoms with van der Waals surface area (Å²) in [5.41, 5.74) is 1.24. The Bertz CT molecular complexity index is 349. The predicted octanol–water partition coefficient (Wildman–Crippen LogP) is 1.12. The predicted molar refractivity (Wildman–Crippen MR) is 65.2 cm³/mol. The van der Waals surface area contributed by atoms with E-state index in [0.29, 0.717) is 18.8 Å². The van der Waals surface area contributed by atoms with Gasteiger partial charge in [0.25, 0.3) is 0 Å². The van der Waals surface area contributed by atoms with Crippen LogP contribution in [0.4, 0.5) is 0 Å². The topological polar surface area (TPSA) is 40.5 Å². The Morgan fingerprint density at radius 3 is 2.69 bits per heavy atom. The molecule has 1 aliphatic heterocycles. The van der Waals surface area contributed by atoms with Gasteiger partial charge in [0.1, 0.15) is 0 Å². The Kier molecular flexibility index (Phi) is 3.85. The summed E-state index contributed by atoms with van der Waals surface area (Å²) in [6.07, 6.45) is -0.303. The summed E-state index contributed by atoms with van der Waals surface area (Å²) < 4.78 is 0. The lowest BCUT2D eigenvalue weighted by Gasteiger charge is -2.35. The van der Waals surface area contributed by atoms with Crippen LogP contribution in [0.15, 0.2) is 30.3 Å². The Labute approximate surface area is 99.5 Å². The van der Waals surface area contributed by atoms with Crippen LogP contribution in [-0.4, -0.2) is 40.9 Å². The highest BCUT2D eigenvalue weighted by Crippen LogP contribution is 2.15. The number of nitrogens with zero attached hydrogens (tertiary/aromatic N) is 1. The SMILES string of the molecule is O=C(CSCc1ccccc1)N1CC(O)C1. The van der Waals surface area contributed by atoms with Gasteiger partial charge in [-0.3, -0.25) is 4.79 Å². The molecule has 0 aliphatic carbocycles. The Hall–Kier alpha value is -1.00. The average Bonchev–Trinajstić information content (AvgIpc) is 2.26. The van der Waals surface area contributed by atoms with Crippen LogP contribution in [0.3, 0.4) is 0 Å². The van der Waals surface area contributed by atoms with Crippen molar-refractivity contribution in [2.45, 2.75) is 11.9 Å². The van der Waals surface area contributed by atoms with Gasteiger partial charge in [-0.1, -0.05) is 30.3 Å². The lowest BCUT2D eigenvalue weighted by Crippen LogP contribution is -2.54. The maximum atomic E-state index is 11.6. The lowest BCUT2D eigenvalue weighted by atomic mass is 10.2. The average molecular weight is 237 g/mol. The molecule has 0 atom stereocenters. The number of β-amino-alcohol motifs (C(OH)–C–C–N with tert-alkyl or cyclic N) is 1. The van der Waals surface area contributed by atoms with E-state index in [2.05, 4.69) is 12.1 Å². The largest absolute Gasteiger partial charge is 0.389 e. The standard InChI is InChI=1S/C12H15NO2S/c14-11-6-13(7-11)12(15)9-16-8-10-4-2-1-3-5-10/h1-5,11,14H,6-9H2. The summed E-state index contributed by atoms with van der Waals surface area (Å²) in [7, 11) is 0. The van der Waals surface area contributed by atoms with Crippen molar-refractivity contribution in [1.29, 1.82) is 0 Å². The number of amides is 1. The summed E-state index contributed by atoms with van der Waals surface area (Å²) in [5.74, 6) is 1.50. The van der Waals surface area contributed by atoms with Crippen molar-refractivity contribution in [3.8, 4) is 0 Å². The van der Waals surface area contributed by atoms with E-state index in [0.717, 1.165) is 5.75 Å². The van der Waals surface area contributed by atoms with E-state index < -0.39 is 0 Å². The summed E-state index contributed by atoms with van der Waals surface area (Å²) >= 11 is 1.62. The van der Waals surface area contributed by atoms with Crippen molar-refractivity contribution in [2.75, 3.05) is 18.8 Å². The van der Waals surface area contributed by atoms with Crippen molar-refractivity contribution in [3.63, 3.8) is 0 Å². The number of benzene rings is 1. The smallest absolute Gasteiger partial charge is 0.232 e. The van der Waals surface area contributed by atoms with Crippen molar-refractivity contribution < 1.29 is 9.90 Å². The molecule has 86 valence electrons. The molecule has 0 aromatic heterocycles. The molecule has 0 spiro atoms. The summed E-state index contributed by atoms with van der Waals surface area (Å²) in [6, 6.07) is 10.1. The molecule has 3 nitrogen and oxygen atoms in total. The van der Waals surface area contributed by atoms with Crippen LogP contribution in [0.5, 0.6) is 0 Å². The molecule has 1 heterocycles. The highest BCUT2D eigenvalue weighted by molar-refractivity contribution is 7.99. The number of aliphatic hydroxyl groups excluding tert-OH is 1. The molecule has 1 aromatic carbocycles. The van der Waals surface area contributed by atoms with E-state index in [1.54, 1.807) is 16.7 Å². The van der Waals surface area contributed by atoms with Crippen LogP contribution >= 0.6 is 11.8 Å². The number of hydrogen-bond donors (Lipinski definition) is 1. The molecule has 1 N–H and O–H groups in total. The first-order chi connectivity index (χ1) is 7.75. The van der Waals surface area contributed by atoms with Gasteiger partial charge in [-0.25, -0.2) is 0 Å². The zero-order chi connectivity index (χ0) is 11.4. The van der Waals surface area contributed by atoms with Crippen molar-refractivity contribution >= 4 is 17.7 Å². The molecular weight excluding hydrogens is 222 g/mol. The second-order valence-corrected chi connectivity index (χ2v) is 4.92. The second-order valence-electron chi connectivity index (χ2n) is 3.93. The van der Waals surface area contributed by atoms with Gasteiger partial charge in [-0.15, -0.1) is 11.8 Å². The third-order valence-electron chi connectivity index (χ3n) is 2.55. The fraction of sp³-hybridized carbons (Fsp3) is 0.417. The van der Waals surface area contributed by atoms with Crippen LogP contribution < -0.4 is 0 Å². The van der Waals surface area contributed by atoms with Gasteiger partial charge in [0.15, 0.2) is 0 Å². The highest BCUT2D eigenvalue weighted by atomic mass is 32.2. The van der Waals surface area contributed by atoms with E-state index in [1.165, 1.54) is 5.56 Å². The molecule has 1 aliphatic rings. The van der Waals surface area contributed by atoms with E-state index in [1.807, 2.05) is 18.2 Å². The Balaban J connectivity index is 1.67. The third kappa shape index (κ3) is 3.00. The Morgan fingerprint density at radius 1 is 1.38 bits per heavy atom. The number of carbonyl (C=O) groups is 1. The first kappa shape index (κ1) is 11.5. The van der Waals surface area contributed by atoms with Gasteiger partial charge < -0.3 is 10.0 Å². The molecule has 0 bridgehead atoms. The van der Waals surface area contributed by atoms with E-state index in [9.17, 15) is 4.79 Å². The molecule has 0 radical (unpaired) electrons. The van der Waals surface area contributed by atoms with Gasteiger partial charge in [-0.2, -0.15) is 0 Å². The van der Waals surface area contributed by atoms with E-state index >= 15 is 0 Å². The first-order valence-electron chi connectivity index (χ1n) is 5.33. The molecule has 1 fully saturated rings. The Morgan fingerprint density at radius 2 is 2.06 bits per heavy atom. The van der Waals surface area contributed by atoms with Crippen molar-refractivity contribution in [1.82, 2.24) is 4.90 Å². The maximum Gasteiger partial charge on any atom is 0.232 e. The molecule has 0 saturated carbocycles. The molecule has 1 amide bonds. The number of thioether (sulfide) groups is 1. The fourth-order valence-corrected chi connectivity index (χ4v) is 2.47. The van der Waals surface area contributed by atoms with Crippen molar-refractivity contribution in [2.24, 2.45) is 0 Å². The lowest BCUT2D eigenvalue weighted by molar-refractivity contribution is -0.138. The zero-order valence-corrected chi connectivity index (χ0v) is 9.82. The monoisotopic (exact) mass is 237 g/mol. The number of aliphatic hydroxyl groups is 1. The zero-order valence-electron chi connectivity index (χ0n) is 9.00. The molecule has 1 saturated heterocycles. The minimum Gasteiger partial charge on any atom is -0.389 e. The summed E-state index contributed by atoms with van der Waals surface area (Å²) in [4.78, 5) is 13.3. The fourth-order valence-electron chi connectivity index (χ4n) is 1.58. The van der Waals surface area contributed by atoms with Crippen LogP contribution in [0.25, 0.3) is 0 Å². The van der Waals surface area contributed by atoms with Gasteiger partial charge >= 0.3 is 0 Å². The first-order valence-corrected chi connectivity index (χ1v) is 6.48. The molecule has 1 aromatic rings. The van der Waals surface area contributed by atoms with Crippen LogP contribution in [0, 0.1) is 0 Å². The minimum absolute atomic E-state index is 0.131. The second kappa shape index (κ2) is 5.37.